The fourth-order valence-electron chi connectivity index (χ4n) is 2.43. The molecule has 4 nitrogen and oxygen atoms in total. The third-order valence-electron chi connectivity index (χ3n) is 3.58. The fraction of sp³-hybridized carbons (Fsp3) is 0.533. The molecule has 1 fully saturated rings. The maximum absolute atomic E-state index is 12.3. The third kappa shape index (κ3) is 3.82. The zero-order valence-corrected chi connectivity index (χ0v) is 12.9. The molecule has 1 heterocycles. The van der Waals surface area contributed by atoms with Crippen molar-refractivity contribution in [2.75, 3.05) is 23.4 Å². The summed E-state index contributed by atoms with van der Waals surface area (Å²) < 4.78 is 11.3. The third-order valence-corrected chi connectivity index (χ3v) is 4.96. The van der Waals surface area contributed by atoms with E-state index >= 15 is 0 Å². The summed E-state index contributed by atoms with van der Waals surface area (Å²) in [7, 11) is -0.690. The Bertz CT molecular complexity index is 507. The first kappa shape index (κ1) is 15.0. The van der Waals surface area contributed by atoms with E-state index < -0.39 is 10.8 Å². The van der Waals surface area contributed by atoms with Gasteiger partial charge in [-0.3, -0.25) is 9.00 Å². The van der Waals surface area contributed by atoms with Crippen LogP contribution >= 0.6 is 0 Å². The molecule has 1 saturated heterocycles. The van der Waals surface area contributed by atoms with Gasteiger partial charge in [0.2, 0.25) is 0 Å². The maximum Gasteiger partial charge on any atom is 0.251 e. The largest absolute Gasteiger partial charge is 0.385 e. The van der Waals surface area contributed by atoms with E-state index in [1.54, 1.807) is 0 Å². The first-order valence-electron chi connectivity index (χ1n) is 7.10. The molecule has 1 aromatic rings. The lowest BCUT2D eigenvalue weighted by atomic mass is 10.1. The number of carbonyl (C=O) groups is 1. The van der Waals surface area contributed by atoms with Gasteiger partial charge in [0.25, 0.3) is 5.91 Å². The van der Waals surface area contributed by atoms with Crippen LogP contribution in [0.4, 0.5) is 5.69 Å². The quantitative estimate of drug-likeness (QED) is 0.894. The summed E-state index contributed by atoms with van der Waals surface area (Å²) in [6, 6.07) is 5.95. The van der Waals surface area contributed by atoms with E-state index in [4.69, 9.17) is 0 Å². The fourth-order valence-corrected chi connectivity index (χ4v) is 3.73. The van der Waals surface area contributed by atoms with E-state index in [1.807, 2.05) is 32.0 Å². The summed E-state index contributed by atoms with van der Waals surface area (Å²) in [5, 5.41) is 6.29. The summed E-state index contributed by atoms with van der Waals surface area (Å²) in [5.41, 5.74) is 2.73. The second-order valence-electron chi connectivity index (χ2n) is 5.16. The second-order valence-corrected chi connectivity index (χ2v) is 6.85. The van der Waals surface area contributed by atoms with Gasteiger partial charge in [0, 0.05) is 46.1 Å². The zero-order valence-electron chi connectivity index (χ0n) is 12.1. The number of hydrogen-bond acceptors (Lipinski definition) is 3. The second kappa shape index (κ2) is 6.88. The van der Waals surface area contributed by atoms with Crippen molar-refractivity contribution in [2.24, 2.45) is 0 Å². The van der Waals surface area contributed by atoms with E-state index in [9.17, 15) is 9.00 Å². The molecule has 0 aromatic heterocycles. The Morgan fingerprint density at radius 3 is 2.65 bits per heavy atom. The van der Waals surface area contributed by atoms with Gasteiger partial charge in [-0.15, -0.1) is 0 Å². The minimum absolute atomic E-state index is 0.0248. The number of anilines is 1. The molecular formula is C15H22N2O2S. The van der Waals surface area contributed by atoms with Gasteiger partial charge in [-0.2, -0.15) is 0 Å². The van der Waals surface area contributed by atoms with Crippen LogP contribution in [0, 0.1) is 6.92 Å². The van der Waals surface area contributed by atoms with Gasteiger partial charge in [-0.1, -0.05) is 0 Å². The van der Waals surface area contributed by atoms with Crippen molar-refractivity contribution in [2.45, 2.75) is 32.7 Å². The van der Waals surface area contributed by atoms with E-state index in [-0.39, 0.29) is 11.9 Å². The van der Waals surface area contributed by atoms with Gasteiger partial charge in [0.1, 0.15) is 0 Å². The average molecular weight is 294 g/mol. The predicted molar refractivity (Wildman–Crippen MR) is 83.7 cm³/mol. The molecule has 0 spiro atoms. The molecule has 5 heteroatoms. The minimum Gasteiger partial charge on any atom is -0.385 e. The number of rotatable bonds is 4. The summed E-state index contributed by atoms with van der Waals surface area (Å²) in [5.74, 6) is 1.37. The lowest BCUT2D eigenvalue weighted by molar-refractivity contribution is 0.0934. The van der Waals surface area contributed by atoms with Crippen molar-refractivity contribution in [1.82, 2.24) is 5.32 Å². The summed E-state index contributed by atoms with van der Waals surface area (Å²) in [6.45, 7) is 4.86. The number of nitrogens with one attached hydrogen (secondary N) is 2. The zero-order chi connectivity index (χ0) is 14.5. The van der Waals surface area contributed by atoms with Crippen LogP contribution in [0.2, 0.25) is 0 Å². The van der Waals surface area contributed by atoms with Crippen molar-refractivity contribution in [3.63, 3.8) is 0 Å². The van der Waals surface area contributed by atoms with Crippen LogP contribution in [0.25, 0.3) is 0 Å². The molecule has 1 aliphatic heterocycles. The number of benzene rings is 1. The lowest BCUT2D eigenvalue weighted by Crippen LogP contribution is -2.39. The van der Waals surface area contributed by atoms with Crippen LogP contribution < -0.4 is 10.6 Å². The molecule has 0 bridgehead atoms. The predicted octanol–water partition coefficient (Wildman–Crippen LogP) is 2.07. The van der Waals surface area contributed by atoms with E-state index in [0.29, 0.717) is 11.5 Å². The van der Waals surface area contributed by atoms with Crippen LogP contribution in [0.3, 0.4) is 0 Å². The van der Waals surface area contributed by atoms with Crippen LogP contribution in [0.1, 0.15) is 35.7 Å². The molecule has 20 heavy (non-hydrogen) atoms. The topological polar surface area (TPSA) is 58.2 Å². The normalized spacial score (nSPS) is 22.3. The van der Waals surface area contributed by atoms with Crippen molar-refractivity contribution in [3.05, 3.63) is 29.3 Å². The Hall–Kier alpha value is -1.36. The Labute approximate surface area is 122 Å². The summed E-state index contributed by atoms with van der Waals surface area (Å²) >= 11 is 0. The molecule has 0 radical (unpaired) electrons. The molecule has 2 N–H and O–H groups in total. The number of aryl methyl sites for hydroxylation is 1. The van der Waals surface area contributed by atoms with Crippen molar-refractivity contribution in [1.29, 1.82) is 0 Å². The Balaban J connectivity index is 2.00. The molecule has 0 aliphatic carbocycles. The molecular weight excluding hydrogens is 272 g/mol. The van der Waals surface area contributed by atoms with Crippen LogP contribution in [0.15, 0.2) is 18.2 Å². The van der Waals surface area contributed by atoms with E-state index in [0.717, 1.165) is 36.2 Å². The highest BCUT2D eigenvalue weighted by Gasteiger charge is 2.20. The van der Waals surface area contributed by atoms with Crippen molar-refractivity contribution in [3.8, 4) is 0 Å². The Kier molecular flexibility index (Phi) is 5.17. The highest BCUT2D eigenvalue weighted by Crippen LogP contribution is 2.16. The van der Waals surface area contributed by atoms with Gasteiger partial charge >= 0.3 is 0 Å². The SMILES string of the molecule is CCNc1ccc(C(=O)NC2CCS(=O)CC2)c(C)c1. The average Bonchev–Trinajstić information content (AvgIpc) is 2.42. The monoisotopic (exact) mass is 294 g/mol. The molecule has 0 unspecified atom stereocenters. The van der Waals surface area contributed by atoms with Gasteiger partial charge in [0.15, 0.2) is 0 Å². The van der Waals surface area contributed by atoms with Crippen LogP contribution in [-0.4, -0.2) is 34.2 Å². The first-order chi connectivity index (χ1) is 9.60. The van der Waals surface area contributed by atoms with Crippen LogP contribution in [-0.2, 0) is 10.8 Å². The molecule has 110 valence electrons. The number of hydrogen-bond donors (Lipinski definition) is 2. The van der Waals surface area contributed by atoms with E-state index in [1.165, 1.54) is 0 Å². The Morgan fingerprint density at radius 2 is 2.05 bits per heavy atom. The first-order valence-corrected chi connectivity index (χ1v) is 8.59. The standard InChI is InChI=1S/C15H22N2O2S/c1-3-16-13-4-5-14(11(2)10-13)15(18)17-12-6-8-20(19)9-7-12/h4-5,10,12,16H,3,6-9H2,1-2H3,(H,17,18). The molecule has 1 aliphatic rings. The highest BCUT2D eigenvalue weighted by molar-refractivity contribution is 7.85. The van der Waals surface area contributed by atoms with E-state index in [2.05, 4.69) is 10.6 Å². The molecule has 0 saturated carbocycles. The van der Waals surface area contributed by atoms with Crippen LogP contribution in [0.5, 0.6) is 0 Å². The highest BCUT2D eigenvalue weighted by atomic mass is 32.2. The molecule has 1 aromatic carbocycles. The van der Waals surface area contributed by atoms with Gasteiger partial charge < -0.3 is 10.6 Å². The summed E-state index contributed by atoms with van der Waals surface area (Å²) in [4.78, 5) is 12.3. The van der Waals surface area contributed by atoms with Gasteiger partial charge in [-0.05, 0) is 50.5 Å². The maximum atomic E-state index is 12.3. The van der Waals surface area contributed by atoms with Gasteiger partial charge in [0.05, 0.1) is 0 Å². The molecule has 2 rings (SSSR count). The molecule has 0 atom stereocenters. The number of amides is 1. The minimum atomic E-state index is -0.690. The summed E-state index contributed by atoms with van der Waals surface area (Å²) in [6.07, 6.45) is 1.62. The van der Waals surface area contributed by atoms with Gasteiger partial charge in [-0.25, -0.2) is 0 Å². The Morgan fingerprint density at radius 1 is 1.35 bits per heavy atom. The molecule has 1 amide bonds. The van der Waals surface area contributed by atoms with Crippen molar-refractivity contribution < 1.29 is 9.00 Å². The van der Waals surface area contributed by atoms with Crippen molar-refractivity contribution >= 4 is 22.4 Å². The smallest absolute Gasteiger partial charge is 0.251 e. The lowest BCUT2D eigenvalue weighted by Gasteiger charge is -2.23. The number of carbonyl (C=O) groups excluding carboxylic acids is 1.